The smallest absolute Gasteiger partial charge is 0.338 e. The molecule has 6 heteroatoms. The van der Waals surface area contributed by atoms with Crippen molar-refractivity contribution in [3.63, 3.8) is 0 Å². The van der Waals surface area contributed by atoms with Crippen LogP contribution in [0.3, 0.4) is 0 Å². The minimum atomic E-state index is -0.312. The summed E-state index contributed by atoms with van der Waals surface area (Å²) in [6, 6.07) is 35.6. The highest BCUT2D eigenvalue weighted by molar-refractivity contribution is 5.91. The lowest BCUT2D eigenvalue weighted by Crippen LogP contribution is -2.19. The zero-order chi connectivity index (χ0) is 27.7. The number of anilines is 2. The monoisotopic (exact) mass is 532 g/mol. The molecule has 0 N–H and O–H groups in total. The number of ether oxygens (including phenoxy) is 2. The van der Waals surface area contributed by atoms with E-state index in [9.17, 15) is 4.79 Å². The van der Waals surface area contributed by atoms with Gasteiger partial charge in [-0.1, -0.05) is 54.6 Å². The van der Waals surface area contributed by atoms with Crippen molar-refractivity contribution in [2.45, 2.75) is 26.8 Å². The van der Waals surface area contributed by atoms with Gasteiger partial charge >= 0.3 is 5.97 Å². The standard InChI is InChI=1S/C34H32N2O4/c1-3-38-34(37)31-17-11-10-14-27(31)24-36(28-15-8-5-9-16-28)29-18-20-30(21-19-29)39-23-22-32-25(2)40-33(35-32)26-12-6-4-7-13-26/h4-21H,3,22-24H2,1-2H3. The minimum Gasteiger partial charge on any atom is -0.493 e. The molecule has 5 aromatic rings. The van der Waals surface area contributed by atoms with Gasteiger partial charge in [-0.25, -0.2) is 9.78 Å². The molecule has 0 atom stereocenters. The van der Waals surface area contributed by atoms with E-state index in [2.05, 4.69) is 22.0 Å². The van der Waals surface area contributed by atoms with Crippen LogP contribution in [0, 0.1) is 6.92 Å². The quantitative estimate of drug-likeness (QED) is 0.162. The largest absolute Gasteiger partial charge is 0.493 e. The molecule has 0 radical (unpaired) electrons. The van der Waals surface area contributed by atoms with Crippen molar-refractivity contribution in [2.75, 3.05) is 18.1 Å². The van der Waals surface area contributed by atoms with Crippen LogP contribution in [0.15, 0.2) is 114 Å². The van der Waals surface area contributed by atoms with E-state index in [-0.39, 0.29) is 5.97 Å². The maximum atomic E-state index is 12.6. The van der Waals surface area contributed by atoms with E-state index in [1.807, 2.05) is 111 Å². The van der Waals surface area contributed by atoms with Gasteiger partial charge in [0.1, 0.15) is 11.5 Å². The Hall–Kier alpha value is -4.84. The molecule has 1 heterocycles. The van der Waals surface area contributed by atoms with Crippen molar-refractivity contribution in [3.05, 3.63) is 132 Å². The topological polar surface area (TPSA) is 64.8 Å². The molecule has 0 fully saturated rings. The summed E-state index contributed by atoms with van der Waals surface area (Å²) in [7, 11) is 0. The number of hydrogen-bond acceptors (Lipinski definition) is 6. The SMILES string of the molecule is CCOC(=O)c1ccccc1CN(c1ccccc1)c1ccc(OCCc2nc(-c3ccccc3)oc2C)cc1. The molecule has 0 saturated heterocycles. The van der Waals surface area contributed by atoms with Crippen molar-refractivity contribution in [3.8, 4) is 17.2 Å². The van der Waals surface area contributed by atoms with Gasteiger partial charge in [-0.2, -0.15) is 0 Å². The molecule has 0 unspecified atom stereocenters. The second kappa shape index (κ2) is 12.8. The molecule has 4 aromatic carbocycles. The highest BCUT2D eigenvalue weighted by Crippen LogP contribution is 2.30. The molecule has 202 valence electrons. The highest BCUT2D eigenvalue weighted by atomic mass is 16.5. The molecule has 0 aliphatic rings. The summed E-state index contributed by atoms with van der Waals surface area (Å²) in [5.74, 6) is 1.89. The molecule has 1 aromatic heterocycles. The van der Waals surface area contributed by atoms with Crippen LogP contribution in [0.5, 0.6) is 5.75 Å². The Morgan fingerprint density at radius 1 is 0.825 bits per heavy atom. The normalized spacial score (nSPS) is 10.8. The number of nitrogens with zero attached hydrogens (tertiary/aromatic N) is 2. The van der Waals surface area contributed by atoms with E-state index >= 15 is 0 Å². The first-order valence-corrected chi connectivity index (χ1v) is 13.4. The Balaban J connectivity index is 1.29. The highest BCUT2D eigenvalue weighted by Gasteiger charge is 2.17. The molecule has 0 aliphatic heterocycles. The van der Waals surface area contributed by atoms with Crippen LogP contribution in [-0.4, -0.2) is 24.2 Å². The Bertz CT molecular complexity index is 1530. The molecular formula is C34H32N2O4. The van der Waals surface area contributed by atoms with Gasteiger partial charge in [0, 0.05) is 29.9 Å². The van der Waals surface area contributed by atoms with Crippen molar-refractivity contribution in [1.29, 1.82) is 0 Å². The number of oxazole rings is 1. The first-order valence-electron chi connectivity index (χ1n) is 13.4. The first kappa shape index (κ1) is 26.8. The van der Waals surface area contributed by atoms with Gasteiger partial charge in [-0.3, -0.25) is 0 Å². The van der Waals surface area contributed by atoms with E-state index in [1.165, 1.54) is 0 Å². The number of carbonyl (C=O) groups excluding carboxylic acids is 1. The van der Waals surface area contributed by atoms with E-state index in [0.29, 0.717) is 37.6 Å². The summed E-state index contributed by atoms with van der Waals surface area (Å²) < 4.78 is 17.2. The lowest BCUT2D eigenvalue weighted by molar-refractivity contribution is 0.0525. The third-order valence-corrected chi connectivity index (χ3v) is 6.58. The van der Waals surface area contributed by atoms with Crippen LogP contribution in [0.25, 0.3) is 11.5 Å². The number of benzene rings is 4. The third-order valence-electron chi connectivity index (χ3n) is 6.58. The molecule has 6 nitrogen and oxygen atoms in total. The van der Waals surface area contributed by atoms with Crippen molar-refractivity contribution in [2.24, 2.45) is 0 Å². The predicted octanol–water partition coefficient (Wildman–Crippen LogP) is 7.79. The summed E-state index contributed by atoms with van der Waals surface area (Å²) in [6.45, 7) is 5.07. The van der Waals surface area contributed by atoms with Gasteiger partial charge in [-0.05, 0) is 74.0 Å². The molecule has 0 bridgehead atoms. The third kappa shape index (κ3) is 6.41. The van der Waals surface area contributed by atoms with Crippen LogP contribution < -0.4 is 9.64 Å². The van der Waals surface area contributed by atoms with E-state index < -0.39 is 0 Å². The van der Waals surface area contributed by atoms with Crippen molar-refractivity contribution in [1.82, 2.24) is 4.98 Å². The van der Waals surface area contributed by atoms with E-state index in [0.717, 1.165) is 39.7 Å². The molecule has 0 spiro atoms. The predicted molar refractivity (Wildman–Crippen MR) is 157 cm³/mol. The minimum absolute atomic E-state index is 0.312. The zero-order valence-electron chi connectivity index (χ0n) is 22.7. The average molecular weight is 533 g/mol. The van der Waals surface area contributed by atoms with Crippen molar-refractivity contribution >= 4 is 17.3 Å². The van der Waals surface area contributed by atoms with Gasteiger partial charge in [0.05, 0.1) is 24.5 Å². The van der Waals surface area contributed by atoms with Gasteiger partial charge in [0.2, 0.25) is 5.89 Å². The Labute approximate surface area is 234 Å². The molecule has 0 amide bonds. The summed E-state index contributed by atoms with van der Waals surface area (Å²) in [5.41, 5.74) is 5.32. The van der Waals surface area contributed by atoms with Gasteiger partial charge in [-0.15, -0.1) is 0 Å². The lowest BCUT2D eigenvalue weighted by atomic mass is 10.1. The van der Waals surface area contributed by atoms with Crippen LogP contribution in [0.2, 0.25) is 0 Å². The fraction of sp³-hybridized carbons (Fsp3) is 0.176. The summed E-state index contributed by atoms with van der Waals surface area (Å²) in [4.78, 5) is 19.4. The van der Waals surface area contributed by atoms with Crippen LogP contribution >= 0.6 is 0 Å². The summed E-state index contributed by atoms with van der Waals surface area (Å²) in [6.07, 6.45) is 0.644. The molecule has 0 aliphatic carbocycles. The van der Waals surface area contributed by atoms with Gasteiger partial charge < -0.3 is 18.8 Å². The number of esters is 1. The average Bonchev–Trinajstić information content (AvgIpc) is 3.37. The molecule has 5 rings (SSSR count). The van der Waals surface area contributed by atoms with Gasteiger partial charge in [0.15, 0.2) is 0 Å². The number of aryl methyl sites for hydroxylation is 1. The van der Waals surface area contributed by atoms with Gasteiger partial charge in [0.25, 0.3) is 0 Å². The van der Waals surface area contributed by atoms with Crippen molar-refractivity contribution < 1.29 is 18.7 Å². The molecular weight excluding hydrogens is 500 g/mol. The Morgan fingerprint density at radius 2 is 1.48 bits per heavy atom. The second-order valence-electron chi connectivity index (χ2n) is 9.28. The van der Waals surface area contributed by atoms with E-state index in [1.54, 1.807) is 0 Å². The number of aromatic nitrogens is 1. The fourth-order valence-electron chi connectivity index (χ4n) is 4.53. The van der Waals surface area contributed by atoms with Crippen LogP contribution in [0.4, 0.5) is 11.4 Å². The lowest BCUT2D eigenvalue weighted by Gasteiger charge is -2.26. The molecule has 0 saturated carbocycles. The number of carbonyl (C=O) groups is 1. The summed E-state index contributed by atoms with van der Waals surface area (Å²) in [5, 5.41) is 0. The number of rotatable bonds is 11. The molecule has 40 heavy (non-hydrogen) atoms. The fourth-order valence-corrected chi connectivity index (χ4v) is 4.53. The zero-order valence-corrected chi connectivity index (χ0v) is 22.7. The number of hydrogen-bond donors (Lipinski definition) is 0. The Kier molecular flexibility index (Phi) is 8.57. The maximum absolute atomic E-state index is 12.6. The number of para-hydroxylation sites is 1. The summed E-state index contributed by atoms with van der Waals surface area (Å²) >= 11 is 0. The Morgan fingerprint density at radius 3 is 2.20 bits per heavy atom. The second-order valence-corrected chi connectivity index (χ2v) is 9.28. The van der Waals surface area contributed by atoms with Crippen LogP contribution in [-0.2, 0) is 17.7 Å². The maximum Gasteiger partial charge on any atom is 0.338 e. The first-order chi connectivity index (χ1) is 19.6. The van der Waals surface area contributed by atoms with Crippen LogP contribution in [0.1, 0.15) is 34.3 Å². The van der Waals surface area contributed by atoms with E-state index in [4.69, 9.17) is 13.9 Å².